The van der Waals surface area contributed by atoms with E-state index in [9.17, 15) is 0 Å². The first-order chi connectivity index (χ1) is 13.1. The Bertz CT molecular complexity index is 952. The second kappa shape index (κ2) is 8.03. The molecule has 0 bridgehead atoms. The number of hydrogen-bond acceptors (Lipinski definition) is 4. The molecule has 0 amide bonds. The quantitative estimate of drug-likeness (QED) is 0.664. The average Bonchev–Trinajstić information content (AvgIpc) is 2.66. The van der Waals surface area contributed by atoms with Crippen molar-refractivity contribution in [2.24, 2.45) is 0 Å². The van der Waals surface area contributed by atoms with Gasteiger partial charge in [0.25, 0.3) is 0 Å². The zero-order chi connectivity index (χ0) is 18.8. The standard InChI is InChI=1S/C21H22Cl2N4/c1-26-8-10-27(11-9-26)14-15-12-17(3-5-19(15)23)25-20-6-7-24-21-13-16(22)2-4-18(20)21/h2-7,12-13H,8-11,14H2,1H3,(H,24,25). The first-order valence-electron chi connectivity index (χ1n) is 9.09. The second-order valence-electron chi connectivity index (χ2n) is 7.03. The third-order valence-corrected chi connectivity index (χ3v) is 5.62. The lowest BCUT2D eigenvalue weighted by Gasteiger charge is -2.32. The molecule has 1 aliphatic rings. The molecule has 0 unspecified atom stereocenters. The van der Waals surface area contributed by atoms with Gasteiger partial charge in [0, 0.05) is 65.7 Å². The minimum absolute atomic E-state index is 0.688. The Morgan fingerprint density at radius 2 is 1.81 bits per heavy atom. The molecule has 140 valence electrons. The molecule has 0 aliphatic carbocycles. The van der Waals surface area contributed by atoms with E-state index in [-0.39, 0.29) is 0 Å². The molecule has 1 N–H and O–H groups in total. The maximum Gasteiger partial charge on any atom is 0.0737 e. The second-order valence-corrected chi connectivity index (χ2v) is 7.87. The van der Waals surface area contributed by atoms with E-state index in [4.69, 9.17) is 23.2 Å². The highest BCUT2D eigenvalue weighted by atomic mass is 35.5. The Balaban J connectivity index is 1.56. The predicted octanol–water partition coefficient (Wildman–Crippen LogP) is 5.03. The normalized spacial score (nSPS) is 16.0. The van der Waals surface area contributed by atoms with Gasteiger partial charge in [-0.05, 0) is 55.1 Å². The van der Waals surface area contributed by atoms with Gasteiger partial charge in [0.2, 0.25) is 0 Å². The van der Waals surface area contributed by atoms with E-state index in [0.29, 0.717) is 5.02 Å². The molecule has 2 heterocycles. The molecule has 0 atom stereocenters. The van der Waals surface area contributed by atoms with E-state index >= 15 is 0 Å². The Hall–Kier alpha value is -1.85. The summed E-state index contributed by atoms with van der Waals surface area (Å²) in [5, 5.41) is 6.05. The van der Waals surface area contributed by atoms with Crippen LogP contribution in [0, 0.1) is 0 Å². The molecule has 0 spiro atoms. The highest BCUT2D eigenvalue weighted by Crippen LogP contribution is 2.29. The number of anilines is 2. The van der Waals surface area contributed by atoms with Crippen LogP contribution in [0.15, 0.2) is 48.7 Å². The molecule has 27 heavy (non-hydrogen) atoms. The van der Waals surface area contributed by atoms with Crippen molar-refractivity contribution >= 4 is 45.5 Å². The van der Waals surface area contributed by atoms with Crippen molar-refractivity contribution in [2.45, 2.75) is 6.54 Å². The van der Waals surface area contributed by atoms with E-state index in [0.717, 1.165) is 65.6 Å². The van der Waals surface area contributed by atoms with E-state index in [1.165, 1.54) is 0 Å². The minimum atomic E-state index is 0.688. The van der Waals surface area contributed by atoms with Crippen molar-refractivity contribution in [3.05, 3.63) is 64.3 Å². The van der Waals surface area contributed by atoms with Crippen molar-refractivity contribution in [3.63, 3.8) is 0 Å². The molecule has 1 aliphatic heterocycles. The van der Waals surface area contributed by atoms with Crippen LogP contribution in [0.2, 0.25) is 10.0 Å². The number of aromatic nitrogens is 1. The summed E-state index contributed by atoms with van der Waals surface area (Å²) < 4.78 is 0. The van der Waals surface area contributed by atoms with Gasteiger partial charge in [-0.25, -0.2) is 0 Å². The first-order valence-corrected chi connectivity index (χ1v) is 9.85. The van der Waals surface area contributed by atoms with Gasteiger partial charge in [-0.3, -0.25) is 9.88 Å². The minimum Gasteiger partial charge on any atom is -0.355 e. The van der Waals surface area contributed by atoms with Crippen molar-refractivity contribution in [1.82, 2.24) is 14.8 Å². The van der Waals surface area contributed by atoms with E-state index in [1.807, 2.05) is 36.4 Å². The number of hydrogen-bond donors (Lipinski definition) is 1. The van der Waals surface area contributed by atoms with E-state index in [1.54, 1.807) is 6.20 Å². The molecule has 0 radical (unpaired) electrons. The maximum atomic E-state index is 6.47. The first kappa shape index (κ1) is 18.5. The van der Waals surface area contributed by atoms with Crippen LogP contribution in [0.1, 0.15) is 5.56 Å². The summed E-state index contributed by atoms with van der Waals surface area (Å²) in [6.45, 7) is 5.21. The van der Waals surface area contributed by atoms with Gasteiger partial charge in [0.05, 0.1) is 5.52 Å². The third kappa shape index (κ3) is 4.36. The highest BCUT2D eigenvalue weighted by Gasteiger charge is 2.15. The Morgan fingerprint density at radius 1 is 1.00 bits per heavy atom. The average molecular weight is 401 g/mol. The molecule has 1 fully saturated rings. The van der Waals surface area contributed by atoms with Gasteiger partial charge >= 0.3 is 0 Å². The summed E-state index contributed by atoms with van der Waals surface area (Å²) in [7, 11) is 2.17. The van der Waals surface area contributed by atoms with Crippen molar-refractivity contribution in [2.75, 3.05) is 38.5 Å². The van der Waals surface area contributed by atoms with E-state index < -0.39 is 0 Å². The molecule has 4 nitrogen and oxygen atoms in total. The van der Waals surface area contributed by atoms with Gasteiger partial charge in [-0.15, -0.1) is 0 Å². The number of likely N-dealkylation sites (N-methyl/N-ethyl adjacent to an activating group) is 1. The van der Waals surface area contributed by atoms with E-state index in [2.05, 4.69) is 33.2 Å². The number of piperazine rings is 1. The van der Waals surface area contributed by atoms with Gasteiger partial charge in [-0.2, -0.15) is 0 Å². The summed E-state index contributed by atoms with van der Waals surface area (Å²) >= 11 is 12.6. The van der Waals surface area contributed by atoms with Crippen molar-refractivity contribution < 1.29 is 0 Å². The SMILES string of the molecule is CN1CCN(Cc2cc(Nc3ccnc4cc(Cl)ccc34)ccc2Cl)CC1. The Morgan fingerprint density at radius 3 is 2.63 bits per heavy atom. The summed E-state index contributed by atoms with van der Waals surface area (Å²) in [5.74, 6) is 0. The predicted molar refractivity (Wildman–Crippen MR) is 114 cm³/mol. The van der Waals surface area contributed by atoms with Crippen LogP contribution in [-0.4, -0.2) is 48.0 Å². The third-order valence-electron chi connectivity index (χ3n) is 5.02. The number of pyridine rings is 1. The molecular weight excluding hydrogens is 379 g/mol. The topological polar surface area (TPSA) is 31.4 Å². The lowest BCUT2D eigenvalue weighted by Crippen LogP contribution is -2.43. The fourth-order valence-corrected chi connectivity index (χ4v) is 3.75. The van der Waals surface area contributed by atoms with Crippen LogP contribution in [0.4, 0.5) is 11.4 Å². The van der Waals surface area contributed by atoms with Crippen LogP contribution >= 0.6 is 23.2 Å². The van der Waals surface area contributed by atoms with Gasteiger partial charge in [0.1, 0.15) is 0 Å². The number of nitrogens with zero attached hydrogens (tertiary/aromatic N) is 3. The molecule has 6 heteroatoms. The fourth-order valence-electron chi connectivity index (χ4n) is 3.41. The largest absolute Gasteiger partial charge is 0.355 e. The van der Waals surface area contributed by atoms with Crippen LogP contribution < -0.4 is 5.32 Å². The number of rotatable bonds is 4. The molecular formula is C21H22Cl2N4. The van der Waals surface area contributed by atoms with Crippen molar-refractivity contribution in [3.8, 4) is 0 Å². The molecule has 0 saturated carbocycles. The summed E-state index contributed by atoms with van der Waals surface area (Å²) in [6.07, 6.45) is 1.79. The van der Waals surface area contributed by atoms with Crippen LogP contribution in [-0.2, 0) is 6.54 Å². The maximum absolute atomic E-state index is 6.47. The Labute approximate surface area is 169 Å². The zero-order valence-electron chi connectivity index (χ0n) is 15.3. The highest BCUT2D eigenvalue weighted by molar-refractivity contribution is 6.31. The van der Waals surface area contributed by atoms with Gasteiger partial charge < -0.3 is 10.2 Å². The lowest BCUT2D eigenvalue weighted by molar-refractivity contribution is 0.148. The number of halogens is 2. The van der Waals surface area contributed by atoms with Crippen LogP contribution in [0.5, 0.6) is 0 Å². The number of nitrogens with one attached hydrogen (secondary N) is 1. The summed E-state index contributed by atoms with van der Waals surface area (Å²) in [4.78, 5) is 9.21. The van der Waals surface area contributed by atoms with Crippen LogP contribution in [0.25, 0.3) is 10.9 Å². The lowest BCUT2D eigenvalue weighted by atomic mass is 10.1. The van der Waals surface area contributed by atoms with Gasteiger partial charge in [0.15, 0.2) is 0 Å². The monoisotopic (exact) mass is 400 g/mol. The molecule has 4 rings (SSSR count). The molecule has 3 aromatic rings. The molecule has 1 aromatic heterocycles. The van der Waals surface area contributed by atoms with Gasteiger partial charge in [-0.1, -0.05) is 23.2 Å². The number of fused-ring (bicyclic) bond motifs is 1. The van der Waals surface area contributed by atoms with Crippen molar-refractivity contribution in [1.29, 1.82) is 0 Å². The smallest absolute Gasteiger partial charge is 0.0737 e. The summed E-state index contributed by atoms with van der Waals surface area (Å²) in [5.41, 5.74) is 4.04. The molecule has 1 saturated heterocycles. The van der Waals surface area contributed by atoms with Crippen LogP contribution in [0.3, 0.4) is 0 Å². The zero-order valence-corrected chi connectivity index (χ0v) is 16.8. The summed E-state index contributed by atoms with van der Waals surface area (Å²) in [6, 6.07) is 13.9. The molecule has 2 aromatic carbocycles. The Kier molecular flexibility index (Phi) is 5.50. The fraction of sp³-hybridized carbons (Fsp3) is 0.286. The number of benzene rings is 2.